The molecular weight excluding hydrogens is 406 g/mol. The minimum Gasteiger partial charge on any atom is -0.458 e. The Balaban J connectivity index is 1.98. The summed E-state index contributed by atoms with van der Waals surface area (Å²) >= 11 is 0. The number of aliphatic hydroxyl groups is 1. The van der Waals surface area contributed by atoms with Gasteiger partial charge in [0.2, 0.25) is 0 Å². The number of aryl methyl sites for hydroxylation is 1. The maximum absolute atomic E-state index is 12.4. The lowest BCUT2D eigenvalue weighted by atomic mass is 9.81. The van der Waals surface area contributed by atoms with Gasteiger partial charge in [-0.15, -0.1) is 0 Å². The van der Waals surface area contributed by atoms with E-state index in [0.717, 1.165) is 43.5 Å². The van der Waals surface area contributed by atoms with Crippen LogP contribution in [0.1, 0.15) is 77.0 Å². The first-order valence-corrected chi connectivity index (χ1v) is 12.0. The van der Waals surface area contributed by atoms with Gasteiger partial charge in [0, 0.05) is 25.6 Å². The predicted octanol–water partition coefficient (Wildman–Crippen LogP) is 3.80. The molecule has 5 atom stereocenters. The molecule has 1 aromatic heterocycles. The van der Waals surface area contributed by atoms with Gasteiger partial charge in [0.1, 0.15) is 6.61 Å². The second-order valence-electron chi connectivity index (χ2n) is 9.30. The summed E-state index contributed by atoms with van der Waals surface area (Å²) in [5.74, 6) is 0.835. The lowest BCUT2D eigenvalue weighted by Crippen LogP contribution is -2.35. The number of aliphatic hydroxyl groups excluding tert-OH is 1. The Labute approximate surface area is 192 Å². The van der Waals surface area contributed by atoms with Gasteiger partial charge in [-0.2, -0.15) is 0 Å². The lowest BCUT2D eigenvalue weighted by molar-refractivity contribution is -0.147. The van der Waals surface area contributed by atoms with Crippen LogP contribution in [0.25, 0.3) is 0 Å². The quantitative estimate of drug-likeness (QED) is 0.269. The molecule has 32 heavy (non-hydrogen) atoms. The molecule has 0 amide bonds. The van der Waals surface area contributed by atoms with Crippen LogP contribution in [0.4, 0.5) is 5.69 Å². The van der Waals surface area contributed by atoms with E-state index in [-0.39, 0.29) is 31.1 Å². The monoisotopic (exact) mass is 447 g/mol. The van der Waals surface area contributed by atoms with E-state index in [4.69, 9.17) is 9.84 Å². The second kappa shape index (κ2) is 12.9. The van der Waals surface area contributed by atoms with E-state index in [1.165, 1.54) is 12.5 Å². The number of carbonyl (C=O) groups excluding carboxylic acids is 2. The van der Waals surface area contributed by atoms with E-state index in [0.29, 0.717) is 24.3 Å². The second-order valence-corrected chi connectivity index (χ2v) is 9.30. The van der Waals surface area contributed by atoms with Crippen molar-refractivity contribution in [3.05, 3.63) is 23.5 Å². The third-order valence-electron chi connectivity index (χ3n) is 6.97. The van der Waals surface area contributed by atoms with Crippen LogP contribution in [0.15, 0.2) is 12.3 Å². The number of ketones is 1. The maximum atomic E-state index is 12.4. The van der Waals surface area contributed by atoms with Crippen LogP contribution >= 0.6 is 0 Å². The fourth-order valence-electron chi connectivity index (χ4n) is 4.71. The molecule has 7 heteroatoms. The lowest BCUT2D eigenvalue weighted by Gasteiger charge is -2.25. The van der Waals surface area contributed by atoms with Crippen LogP contribution in [0.3, 0.4) is 0 Å². The van der Waals surface area contributed by atoms with Crippen molar-refractivity contribution >= 4 is 17.4 Å². The van der Waals surface area contributed by atoms with Crippen molar-refractivity contribution in [3.8, 4) is 0 Å². The molecule has 5 unspecified atom stereocenters. The molecule has 1 aromatic rings. The van der Waals surface area contributed by atoms with Crippen LogP contribution in [0, 0.1) is 24.7 Å². The van der Waals surface area contributed by atoms with Gasteiger partial charge in [0.05, 0.1) is 24.2 Å². The van der Waals surface area contributed by atoms with Gasteiger partial charge in [-0.05, 0) is 68.9 Å². The molecule has 180 valence electrons. The molecule has 0 saturated heterocycles. The van der Waals surface area contributed by atoms with Crippen molar-refractivity contribution in [1.29, 1.82) is 0 Å². The molecule has 0 radical (unpaired) electrons. The average molecular weight is 448 g/mol. The fourth-order valence-corrected chi connectivity index (χ4v) is 4.71. The van der Waals surface area contributed by atoms with E-state index in [1.54, 1.807) is 0 Å². The van der Waals surface area contributed by atoms with Crippen LogP contribution in [0.2, 0.25) is 0 Å². The summed E-state index contributed by atoms with van der Waals surface area (Å²) in [5, 5.41) is 15.7. The molecule has 0 aromatic carbocycles. The van der Waals surface area contributed by atoms with Gasteiger partial charge in [-0.25, -0.2) is 0 Å². The Morgan fingerprint density at radius 2 is 1.88 bits per heavy atom. The summed E-state index contributed by atoms with van der Waals surface area (Å²) in [6, 6.07) is 2.21. The molecule has 0 spiro atoms. The molecule has 1 heterocycles. The first kappa shape index (κ1) is 26.3. The zero-order valence-corrected chi connectivity index (χ0v) is 20.3. The van der Waals surface area contributed by atoms with Crippen LogP contribution in [-0.2, 0) is 14.3 Å². The molecule has 0 bridgehead atoms. The van der Waals surface area contributed by atoms with Crippen molar-refractivity contribution < 1.29 is 19.4 Å². The zero-order chi connectivity index (χ0) is 23.7. The summed E-state index contributed by atoms with van der Waals surface area (Å²) in [6.07, 6.45) is 7.44. The smallest absolute Gasteiger partial charge is 0.303 e. The summed E-state index contributed by atoms with van der Waals surface area (Å²) < 4.78 is 4.92. The minimum absolute atomic E-state index is 0.0269. The number of hydrogen-bond acceptors (Lipinski definition) is 7. The van der Waals surface area contributed by atoms with Gasteiger partial charge in [0.25, 0.3) is 0 Å². The number of rotatable bonds is 11. The molecule has 3 N–H and O–H groups in total. The zero-order valence-electron chi connectivity index (χ0n) is 20.3. The highest BCUT2D eigenvalue weighted by Crippen LogP contribution is 2.39. The van der Waals surface area contributed by atoms with Gasteiger partial charge in [0.15, 0.2) is 5.78 Å². The topological polar surface area (TPSA) is 101 Å². The van der Waals surface area contributed by atoms with Crippen LogP contribution < -0.4 is 10.6 Å². The highest BCUT2D eigenvalue weighted by Gasteiger charge is 2.30. The molecule has 1 aliphatic rings. The highest BCUT2D eigenvalue weighted by atomic mass is 16.5. The Hall–Kier alpha value is -1.99. The molecule has 2 rings (SSSR count). The van der Waals surface area contributed by atoms with E-state index in [1.807, 2.05) is 27.0 Å². The van der Waals surface area contributed by atoms with Crippen LogP contribution in [0.5, 0.6) is 0 Å². The normalized spacial score (nSPS) is 21.8. The van der Waals surface area contributed by atoms with Gasteiger partial charge >= 0.3 is 5.97 Å². The number of nitrogens with zero attached hydrogens (tertiary/aromatic N) is 1. The van der Waals surface area contributed by atoms with E-state index in [2.05, 4.69) is 28.6 Å². The van der Waals surface area contributed by atoms with E-state index >= 15 is 0 Å². The Kier molecular flexibility index (Phi) is 10.6. The SMILES string of the molecule is CC(=O)OCC(=O)C(C)C1CCCC(C(C)c2cnc(C)c(NC(C)NCCO)c2)CC1. The Morgan fingerprint density at radius 3 is 2.56 bits per heavy atom. The number of anilines is 1. The number of pyridine rings is 1. The predicted molar refractivity (Wildman–Crippen MR) is 126 cm³/mol. The molecule has 1 fully saturated rings. The van der Waals surface area contributed by atoms with Gasteiger partial charge in [-0.1, -0.05) is 20.3 Å². The number of esters is 1. The average Bonchev–Trinajstić information content (AvgIpc) is 3.02. The number of ether oxygens (including phenoxy) is 1. The number of nitrogens with one attached hydrogen (secondary N) is 2. The van der Waals surface area contributed by atoms with E-state index in [9.17, 15) is 9.59 Å². The Bertz CT molecular complexity index is 755. The third-order valence-corrected chi connectivity index (χ3v) is 6.97. The van der Waals surface area contributed by atoms with Crippen molar-refractivity contribution in [1.82, 2.24) is 10.3 Å². The fraction of sp³-hybridized carbons (Fsp3) is 0.720. The maximum Gasteiger partial charge on any atom is 0.303 e. The summed E-state index contributed by atoms with van der Waals surface area (Å²) in [5.41, 5.74) is 3.21. The first-order valence-electron chi connectivity index (χ1n) is 12.0. The van der Waals surface area contributed by atoms with E-state index < -0.39 is 5.97 Å². The summed E-state index contributed by atoms with van der Waals surface area (Å²) in [6.45, 7) is 10.2. The Morgan fingerprint density at radius 1 is 1.19 bits per heavy atom. The molecule has 7 nitrogen and oxygen atoms in total. The largest absolute Gasteiger partial charge is 0.458 e. The first-order chi connectivity index (χ1) is 15.2. The van der Waals surface area contributed by atoms with Gasteiger partial charge < -0.3 is 15.2 Å². The van der Waals surface area contributed by atoms with Crippen molar-refractivity contribution in [2.75, 3.05) is 25.1 Å². The highest BCUT2D eigenvalue weighted by molar-refractivity contribution is 5.84. The van der Waals surface area contributed by atoms with Crippen molar-refractivity contribution in [3.63, 3.8) is 0 Å². The van der Waals surface area contributed by atoms with Crippen molar-refractivity contribution in [2.45, 2.75) is 78.8 Å². The molecular formula is C25H41N3O4. The summed E-state index contributed by atoms with van der Waals surface area (Å²) in [4.78, 5) is 28.0. The molecule has 1 aliphatic carbocycles. The number of hydrogen-bond donors (Lipinski definition) is 3. The molecule has 0 aliphatic heterocycles. The standard InChI is InChI=1S/C25H41N3O4/c1-16(23-13-24(18(3)27-14-23)28-19(4)26-11-12-29)21-7-6-8-22(10-9-21)17(2)25(31)15-32-20(5)30/h13-14,16-17,19,21-22,26,28-29H,6-12,15H2,1-5H3. The summed E-state index contributed by atoms with van der Waals surface area (Å²) in [7, 11) is 0. The van der Waals surface area contributed by atoms with Crippen LogP contribution in [-0.4, -0.2) is 47.8 Å². The number of aromatic nitrogens is 1. The number of Topliss-reactive ketones (excluding diaryl/α,β-unsaturated/α-hetero) is 1. The third kappa shape index (κ3) is 7.85. The van der Waals surface area contributed by atoms with Gasteiger partial charge in [-0.3, -0.25) is 19.9 Å². The molecule has 1 saturated carbocycles. The number of carbonyl (C=O) groups is 2. The van der Waals surface area contributed by atoms with Crippen molar-refractivity contribution in [2.24, 2.45) is 17.8 Å². The minimum atomic E-state index is -0.403.